The Balaban J connectivity index is 1.37. The molecule has 1 atom stereocenters. The van der Waals surface area contributed by atoms with Gasteiger partial charge >= 0.3 is 6.03 Å². The molecule has 164 valence electrons. The maximum Gasteiger partial charge on any atom is 0.325 e. The van der Waals surface area contributed by atoms with Gasteiger partial charge in [-0.05, 0) is 48.9 Å². The SMILES string of the molecule is CC1(c2ccc3c(c2)OCCCO3)NC(=O)N(Cc2coc(-c3ccc(F)cc3)n2)C1=O. The number of rotatable bonds is 4. The highest BCUT2D eigenvalue weighted by molar-refractivity contribution is 6.07. The summed E-state index contributed by atoms with van der Waals surface area (Å²) in [5, 5.41) is 2.77. The van der Waals surface area contributed by atoms with Gasteiger partial charge in [0.1, 0.15) is 17.6 Å². The summed E-state index contributed by atoms with van der Waals surface area (Å²) in [7, 11) is 0. The number of aromatic nitrogens is 1. The van der Waals surface area contributed by atoms with Crippen LogP contribution >= 0.6 is 0 Å². The van der Waals surface area contributed by atoms with E-state index >= 15 is 0 Å². The first-order valence-corrected chi connectivity index (χ1v) is 10.2. The Morgan fingerprint density at radius 1 is 1.09 bits per heavy atom. The number of hydrogen-bond donors (Lipinski definition) is 1. The van der Waals surface area contributed by atoms with Gasteiger partial charge in [-0.2, -0.15) is 0 Å². The van der Waals surface area contributed by atoms with E-state index in [1.54, 1.807) is 37.3 Å². The lowest BCUT2D eigenvalue weighted by atomic mass is 9.91. The summed E-state index contributed by atoms with van der Waals surface area (Å²) in [6.45, 7) is 2.67. The molecule has 0 spiro atoms. The fraction of sp³-hybridized carbons (Fsp3) is 0.261. The number of nitrogens with zero attached hydrogens (tertiary/aromatic N) is 2. The molecule has 3 amide bonds. The van der Waals surface area contributed by atoms with Crippen molar-refractivity contribution in [2.75, 3.05) is 13.2 Å². The molecule has 9 heteroatoms. The van der Waals surface area contributed by atoms with Crippen molar-refractivity contribution in [1.82, 2.24) is 15.2 Å². The van der Waals surface area contributed by atoms with Crippen LogP contribution in [0.2, 0.25) is 0 Å². The quantitative estimate of drug-likeness (QED) is 0.627. The number of carbonyl (C=O) groups excluding carboxylic acids is 2. The van der Waals surface area contributed by atoms with Crippen LogP contribution in [0.15, 0.2) is 53.1 Å². The van der Waals surface area contributed by atoms with E-state index in [9.17, 15) is 14.0 Å². The first-order chi connectivity index (χ1) is 15.4. The van der Waals surface area contributed by atoms with E-state index in [1.807, 2.05) is 0 Å². The molecular formula is C23H20FN3O5. The Morgan fingerprint density at radius 3 is 2.62 bits per heavy atom. The van der Waals surface area contributed by atoms with Crippen LogP contribution in [0, 0.1) is 5.82 Å². The van der Waals surface area contributed by atoms with Crippen molar-refractivity contribution in [3.8, 4) is 23.0 Å². The second-order valence-electron chi connectivity index (χ2n) is 7.81. The van der Waals surface area contributed by atoms with Crippen LogP contribution in [-0.2, 0) is 16.9 Å². The van der Waals surface area contributed by atoms with E-state index in [4.69, 9.17) is 13.9 Å². The molecule has 0 bridgehead atoms. The molecule has 1 N–H and O–H groups in total. The molecule has 3 aromatic rings. The van der Waals surface area contributed by atoms with E-state index in [0.29, 0.717) is 41.5 Å². The zero-order chi connectivity index (χ0) is 22.3. The predicted molar refractivity (Wildman–Crippen MR) is 110 cm³/mol. The number of hydrogen-bond acceptors (Lipinski definition) is 6. The van der Waals surface area contributed by atoms with Gasteiger partial charge in [0.15, 0.2) is 11.5 Å². The smallest absolute Gasteiger partial charge is 0.325 e. The third kappa shape index (κ3) is 3.45. The first kappa shape index (κ1) is 20.0. The van der Waals surface area contributed by atoms with Crippen molar-refractivity contribution in [3.63, 3.8) is 0 Å². The minimum Gasteiger partial charge on any atom is -0.490 e. The lowest BCUT2D eigenvalue weighted by Gasteiger charge is -2.23. The van der Waals surface area contributed by atoms with Gasteiger partial charge in [-0.15, -0.1) is 0 Å². The number of urea groups is 1. The Labute approximate surface area is 182 Å². The van der Waals surface area contributed by atoms with E-state index < -0.39 is 17.5 Å². The Hall–Kier alpha value is -3.88. The van der Waals surface area contributed by atoms with Crippen molar-refractivity contribution in [2.45, 2.75) is 25.4 Å². The van der Waals surface area contributed by atoms with Gasteiger partial charge in [-0.25, -0.2) is 14.2 Å². The van der Waals surface area contributed by atoms with E-state index in [1.165, 1.54) is 18.4 Å². The standard InChI is InChI=1S/C23H20FN3O5/c1-23(15-5-8-18-19(11-15)31-10-2-9-30-18)21(28)27(22(29)26-23)12-17-13-32-20(25-17)14-3-6-16(24)7-4-14/h3-8,11,13H,2,9-10,12H2,1H3,(H,26,29). The van der Waals surface area contributed by atoms with Crippen LogP contribution in [-0.4, -0.2) is 35.0 Å². The minimum atomic E-state index is -1.26. The first-order valence-electron chi connectivity index (χ1n) is 10.2. The van der Waals surface area contributed by atoms with Crippen LogP contribution in [0.1, 0.15) is 24.6 Å². The highest BCUT2D eigenvalue weighted by Gasteiger charge is 2.49. The molecule has 1 unspecified atom stereocenters. The molecule has 1 aromatic heterocycles. The number of nitrogens with one attached hydrogen (secondary N) is 1. The van der Waals surface area contributed by atoms with Crippen LogP contribution < -0.4 is 14.8 Å². The molecule has 2 aliphatic rings. The zero-order valence-corrected chi connectivity index (χ0v) is 17.3. The van der Waals surface area contributed by atoms with Crippen molar-refractivity contribution in [2.24, 2.45) is 0 Å². The highest BCUT2D eigenvalue weighted by Crippen LogP contribution is 2.37. The van der Waals surface area contributed by atoms with Gasteiger partial charge in [0.05, 0.1) is 25.5 Å². The number of halogens is 1. The summed E-state index contributed by atoms with van der Waals surface area (Å²) in [6, 6.07) is 10.4. The van der Waals surface area contributed by atoms with Crippen molar-refractivity contribution in [1.29, 1.82) is 0 Å². The van der Waals surface area contributed by atoms with Gasteiger partial charge in [0, 0.05) is 12.0 Å². The van der Waals surface area contributed by atoms with Crippen LogP contribution in [0.25, 0.3) is 11.5 Å². The Morgan fingerprint density at radius 2 is 1.84 bits per heavy atom. The van der Waals surface area contributed by atoms with Crippen LogP contribution in [0.5, 0.6) is 11.5 Å². The lowest BCUT2D eigenvalue weighted by molar-refractivity contribution is -0.131. The molecule has 8 nitrogen and oxygen atoms in total. The molecule has 3 heterocycles. The van der Waals surface area contributed by atoms with Crippen LogP contribution in [0.4, 0.5) is 9.18 Å². The number of benzene rings is 2. The fourth-order valence-electron chi connectivity index (χ4n) is 3.78. The van der Waals surface area contributed by atoms with Gasteiger partial charge in [0.25, 0.3) is 5.91 Å². The average molecular weight is 437 g/mol. The molecule has 1 fully saturated rings. The van der Waals surface area contributed by atoms with Crippen molar-refractivity contribution >= 4 is 11.9 Å². The lowest BCUT2D eigenvalue weighted by Crippen LogP contribution is -2.40. The summed E-state index contributed by atoms with van der Waals surface area (Å²) < 4.78 is 30.0. The van der Waals surface area contributed by atoms with Crippen molar-refractivity contribution < 1.29 is 27.9 Å². The average Bonchev–Trinajstić information content (AvgIpc) is 3.23. The summed E-state index contributed by atoms with van der Waals surface area (Å²) in [6.07, 6.45) is 2.14. The summed E-state index contributed by atoms with van der Waals surface area (Å²) in [4.78, 5) is 31.4. The predicted octanol–water partition coefficient (Wildman–Crippen LogP) is 3.61. The molecule has 32 heavy (non-hydrogen) atoms. The van der Waals surface area contributed by atoms with Crippen LogP contribution in [0.3, 0.4) is 0 Å². The van der Waals surface area contributed by atoms with E-state index in [0.717, 1.165) is 11.3 Å². The van der Waals surface area contributed by atoms with Gasteiger partial charge in [0.2, 0.25) is 5.89 Å². The summed E-state index contributed by atoms with van der Waals surface area (Å²) in [5.74, 6) is 0.650. The molecule has 0 aliphatic carbocycles. The molecule has 0 saturated carbocycles. The van der Waals surface area contributed by atoms with E-state index in [-0.39, 0.29) is 18.3 Å². The topological polar surface area (TPSA) is 93.9 Å². The third-order valence-corrected chi connectivity index (χ3v) is 5.56. The van der Waals surface area contributed by atoms with Gasteiger partial charge < -0.3 is 19.2 Å². The van der Waals surface area contributed by atoms with Gasteiger partial charge in [-0.1, -0.05) is 6.07 Å². The second-order valence-corrected chi connectivity index (χ2v) is 7.81. The third-order valence-electron chi connectivity index (χ3n) is 5.56. The maximum absolute atomic E-state index is 13.3. The maximum atomic E-state index is 13.3. The number of carbonyl (C=O) groups is 2. The Kier molecular flexibility index (Phi) is 4.80. The molecule has 2 aliphatic heterocycles. The molecule has 0 radical (unpaired) electrons. The second kappa shape index (κ2) is 7.67. The van der Waals surface area contributed by atoms with E-state index in [2.05, 4.69) is 10.3 Å². The largest absolute Gasteiger partial charge is 0.490 e. The fourth-order valence-corrected chi connectivity index (χ4v) is 3.78. The highest BCUT2D eigenvalue weighted by atomic mass is 19.1. The summed E-state index contributed by atoms with van der Waals surface area (Å²) in [5.41, 5.74) is 0.322. The van der Waals surface area contributed by atoms with Gasteiger partial charge in [-0.3, -0.25) is 9.69 Å². The number of amides is 3. The number of ether oxygens (including phenoxy) is 2. The number of oxazole rings is 1. The summed E-state index contributed by atoms with van der Waals surface area (Å²) >= 11 is 0. The zero-order valence-electron chi connectivity index (χ0n) is 17.3. The minimum absolute atomic E-state index is 0.0600. The normalized spacial score (nSPS) is 20.2. The monoisotopic (exact) mass is 437 g/mol. The number of imide groups is 1. The number of fused-ring (bicyclic) bond motifs is 1. The molecule has 1 saturated heterocycles. The van der Waals surface area contributed by atoms with Crippen molar-refractivity contribution in [3.05, 3.63) is 65.8 Å². The Bertz CT molecular complexity index is 1190. The molecule has 2 aromatic carbocycles. The molecule has 5 rings (SSSR count). The molecular weight excluding hydrogens is 417 g/mol.